The predicted molar refractivity (Wildman–Crippen MR) is 77.6 cm³/mol. The molecule has 2 rings (SSSR count). The molecule has 1 unspecified atom stereocenters. The minimum atomic E-state index is -0.323. The molecule has 0 aromatic heterocycles. The van der Waals surface area contributed by atoms with E-state index >= 15 is 0 Å². The van der Waals surface area contributed by atoms with Gasteiger partial charge in [0.2, 0.25) is 0 Å². The van der Waals surface area contributed by atoms with E-state index in [1.54, 1.807) is 12.1 Å². The number of anilines is 1. The van der Waals surface area contributed by atoms with Crippen LogP contribution >= 0.6 is 27.7 Å². The molecule has 5 heteroatoms. The van der Waals surface area contributed by atoms with Crippen LogP contribution in [0.5, 0.6) is 0 Å². The summed E-state index contributed by atoms with van der Waals surface area (Å²) in [6.07, 6.45) is 1.10. The molecule has 0 aliphatic carbocycles. The number of rotatable bonds is 2. The number of hydrogen-bond acceptors (Lipinski definition) is 3. The average Bonchev–Trinajstić information content (AvgIpc) is 2.42. The van der Waals surface area contributed by atoms with E-state index in [9.17, 15) is 4.39 Å². The molecule has 18 heavy (non-hydrogen) atoms. The first-order valence-corrected chi connectivity index (χ1v) is 7.76. The highest BCUT2D eigenvalue weighted by molar-refractivity contribution is 9.10. The van der Waals surface area contributed by atoms with Gasteiger partial charge in [0.1, 0.15) is 6.07 Å². The summed E-state index contributed by atoms with van der Waals surface area (Å²) in [6.45, 7) is 3.89. The van der Waals surface area contributed by atoms with Crippen molar-refractivity contribution in [1.29, 1.82) is 5.26 Å². The molecule has 1 aromatic rings. The summed E-state index contributed by atoms with van der Waals surface area (Å²) < 4.78 is 14.5. The lowest BCUT2D eigenvalue weighted by Crippen LogP contribution is -2.38. The van der Waals surface area contributed by atoms with Crippen LogP contribution in [-0.2, 0) is 0 Å². The van der Waals surface area contributed by atoms with Crippen molar-refractivity contribution in [3.05, 3.63) is 28.0 Å². The molecule has 1 heterocycles. The smallest absolute Gasteiger partial charge is 0.161 e. The Hall–Kier alpha value is -0.730. The first-order chi connectivity index (χ1) is 8.67. The molecule has 2 nitrogen and oxygen atoms in total. The van der Waals surface area contributed by atoms with Crippen LogP contribution < -0.4 is 4.90 Å². The summed E-state index contributed by atoms with van der Waals surface area (Å²) in [5.74, 6) is 0.700. The molecule has 1 aliphatic rings. The van der Waals surface area contributed by atoms with Crippen molar-refractivity contribution in [2.45, 2.75) is 18.6 Å². The molecule has 0 saturated carbocycles. The highest BCUT2D eigenvalue weighted by Gasteiger charge is 2.23. The van der Waals surface area contributed by atoms with Gasteiger partial charge in [0, 0.05) is 24.1 Å². The summed E-state index contributed by atoms with van der Waals surface area (Å²) >= 11 is 5.11. The molecule has 1 aliphatic heterocycles. The van der Waals surface area contributed by atoms with E-state index in [1.807, 2.05) is 17.8 Å². The van der Waals surface area contributed by atoms with Crippen molar-refractivity contribution in [2.75, 3.05) is 23.7 Å². The first kappa shape index (κ1) is 13.7. The molecule has 0 bridgehead atoms. The highest BCUT2D eigenvalue weighted by atomic mass is 79.9. The second kappa shape index (κ2) is 5.94. The Morgan fingerprint density at radius 3 is 3.06 bits per heavy atom. The Kier molecular flexibility index (Phi) is 4.52. The molecule has 0 amide bonds. The van der Waals surface area contributed by atoms with Gasteiger partial charge >= 0.3 is 0 Å². The number of nitrogens with zero attached hydrogens (tertiary/aromatic N) is 2. The summed E-state index contributed by atoms with van der Waals surface area (Å²) in [7, 11) is 0. The van der Waals surface area contributed by atoms with Crippen molar-refractivity contribution < 1.29 is 4.39 Å². The summed E-state index contributed by atoms with van der Waals surface area (Å²) in [5.41, 5.74) is 0.939. The van der Waals surface area contributed by atoms with Gasteiger partial charge < -0.3 is 4.90 Å². The van der Waals surface area contributed by atoms with Gasteiger partial charge in [0.25, 0.3) is 0 Å². The zero-order chi connectivity index (χ0) is 13.1. The minimum absolute atomic E-state index is 0.272. The molecule has 1 atom stereocenters. The van der Waals surface area contributed by atoms with E-state index < -0.39 is 0 Å². The van der Waals surface area contributed by atoms with Gasteiger partial charge in [-0.05, 0) is 34.5 Å². The number of nitriles is 1. The zero-order valence-electron chi connectivity index (χ0n) is 10.1. The maximum atomic E-state index is 14.2. The van der Waals surface area contributed by atoms with E-state index in [1.165, 1.54) is 0 Å². The van der Waals surface area contributed by atoms with Gasteiger partial charge in [0.05, 0.1) is 15.7 Å². The van der Waals surface area contributed by atoms with E-state index in [-0.39, 0.29) is 10.3 Å². The van der Waals surface area contributed by atoms with Gasteiger partial charge in [-0.15, -0.1) is 0 Å². The number of halogens is 2. The Bertz CT molecular complexity index is 487. The molecule has 96 valence electrons. The van der Waals surface area contributed by atoms with Crippen LogP contribution in [-0.4, -0.2) is 24.1 Å². The number of hydrogen-bond donors (Lipinski definition) is 0. The topological polar surface area (TPSA) is 27.0 Å². The standard InChI is InChI=1S/C13H14BrFN2S/c1-2-10-8-17(5-6-18-10)11-4-3-9(7-16)12(14)13(11)15/h3-4,10H,2,5-6,8H2,1H3. The van der Waals surface area contributed by atoms with Crippen LogP contribution in [0.3, 0.4) is 0 Å². The van der Waals surface area contributed by atoms with E-state index in [2.05, 4.69) is 27.8 Å². The fourth-order valence-electron chi connectivity index (χ4n) is 2.05. The second-order valence-corrected chi connectivity index (χ2v) is 6.42. The van der Waals surface area contributed by atoms with Gasteiger partial charge in [-0.25, -0.2) is 4.39 Å². The lowest BCUT2D eigenvalue weighted by molar-refractivity contribution is 0.607. The largest absolute Gasteiger partial charge is 0.367 e. The van der Waals surface area contributed by atoms with Crippen LogP contribution in [0.1, 0.15) is 18.9 Å². The Labute approximate surface area is 119 Å². The van der Waals surface area contributed by atoms with Gasteiger partial charge in [0.15, 0.2) is 5.82 Å². The van der Waals surface area contributed by atoms with Crippen molar-refractivity contribution in [3.63, 3.8) is 0 Å². The normalized spacial score (nSPS) is 19.7. The lowest BCUT2D eigenvalue weighted by Gasteiger charge is -2.34. The molecule has 1 aromatic carbocycles. The average molecular weight is 329 g/mol. The molecule has 0 spiro atoms. The summed E-state index contributed by atoms with van der Waals surface area (Å²) in [6, 6.07) is 5.36. The van der Waals surface area contributed by atoms with Gasteiger partial charge in [-0.2, -0.15) is 17.0 Å². The predicted octanol–water partition coefficient (Wildman–Crippen LogP) is 3.79. The van der Waals surface area contributed by atoms with Gasteiger partial charge in [-0.3, -0.25) is 0 Å². The third kappa shape index (κ3) is 2.65. The summed E-state index contributed by atoms with van der Waals surface area (Å²) in [5, 5.41) is 9.42. The monoisotopic (exact) mass is 328 g/mol. The first-order valence-electron chi connectivity index (χ1n) is 5.92. The van der Waals surface area contributed by atoms with Crippen LogP contribution in [0, 0.1) is 17.1 Å². The highest BCUT2D eigenvalue weighted by Crippen LogP contribution is 2.32. The fraction of sp³-hybridized carbons (Fsp3) is 0.462. The molecular weight excluding hydrogens is 315 g/mol. The van der Waals surface area contributed by atoms with Crippen LogP contribution in [0.4, 0.5) is 10.1 Å². The molecule has 1 saturated heterocycles. The Morgan fingerprint density at radius 2 is 2.39 bits per heavy atom. The number of thioether (sulfide) groups is 1. The minimum Gasteiger partial charge on any atom is -0.367 e. The maximum absolute atomic E-state index is 14.2. The third-order valence-electron chi connectivity index (χ3n) is 3.12. The van der Waals surface area contributed by atoms with Crippen LogP contribution in [0.25, 0.3) is 0 Å². The van der Waals surface area contributed by atoms with Crippen molar-refractivity contribution in [3.8, 4) is 6.07 Å². The van der Waals surface area contributed by atoms with Gasteiger partial charge in [-0.1, -0.05) is 6.92 Å². The van der Waals surface area contributed by atoms with E-state index in [0.29, 0.717) is 16.5 Å². The van der Waals surface area contributed by atoms with Crippen molar-refractivity contribution in [1.82, 2.24) is 0 Å². The van der Waals surface area contributed by atoms with Crippen molar-refractivity contribution in [2.24, 2.45) is 0 Å². The zero-order valence-corrected chi connectivity index (χ0v) is 12.5. The molecule has 0 radical (unpaired) electrons. The van der Waals surface area contributed by atoms with Crippen molar-refractivity contribution >= 4 is 33.4 Å². The molecular formula is C13H14BrFN2S. The lowest BCUT2D eigenvalue weighted by atomic mass is 10.2. The fourth-order valence-corrected chi connectivity index (χ4v) is 3.66. The van der Waals surface area contributed by atoms with Crippen LogP contribution in [0.15, 0.2) is 16.6 Å². The second-order valence-electron chi connectivity index (χ2n) is 4.22. The SMILES string of the molecule is CCC1CN(c2ccc(C#N)c(Br)c2F)CCS1. The Balaban J connectivity index is 2.29. The van der Waals surface area contributed by atoms with Crippen LogP contribution in [0.2, 0.25) is 0 Å². The third-order valence-corrected chi connectivity index (χ3v) is 5.26. The molecule has 1 fully saturated rings. The maximum Gasteiger partial charge on any atom is 0.161 e. The number of benzene rings is 1. The molecule has 0 N–H and O–H groups in total. The quantitative estimate of drug-likeness (QED) is 0.826. The van der Waals surface area contributed by atoms with E-state index in [0.717, 1.165) is 25.3 Å². The summed E-state index contributed by atoms with van der Waals surface area (Å²) in [4.78, 5) is 2.08. The Morgan fingerprint density at radius 1 is 1.61 bits per heavy atom. The van der Waals surface area contributed by atoms with E-state index in [4.69, 9.17) is 5.26 Å².